The summed E-state index contributed by atoms with van der Waals surface area (Å²) in [6.07, 6.45) is -2.24. The molecule has 13 nitrogen and oxygen atoms in total. The standard InChI is InChI=1S/C22H22F4N8O5/c23-14-7-12(32-11-13(39-22(32)38)10-31-2-1-27-29-31)8-15(24)18(14)30-3-5-33-17(35)9-16(28-20(36)19(25)26)21(37)34(33)6-4-30/h1-2,7-8,13,16,19H,3-6,9-11H2,(H,28,36)/t13-,16-/m0/s1. The van der Waals surface area contributed by atoms with E-state index in [1.54, 1.807) is 6.20 Å². The minimum absolute atomic E-state index is 0.0258. The van der Waals surface area contributed by atoms with Crippen molar-refractivity contribution >= 4 is 35.2 Å². The number of aromatic nitrogens is 3. The Morgan fingerprint density at radius 2 is 1.77 bits per heavy atom. The normalized spacial score (nSPS) is 21.8. The summed E-state index contributed by atoms with van der Waals surface area (Å²) in [5.74, 6) is -5.03. The second-order valence-electron chi connectivity index (χ2n) is 9.03. The van der Waals surface area contributed by atoms with Crippen LogP contribution in [0.2, 0.25) is 0 Å². The van der Waals surface area contributed by atoms with Crippen molar-refractivity contribution in [2.75, 3.05) is 42.5 Å². The molecule has 17 heteroatoms. The Kier molecular flexibility index (Phi) is 6.96. The van der Waals surface area contributed by atoms with Gasteiger partial charge in [0, 0.05) is 31.4 Å². The third-order valence-corrected chi connectivity index (χ3v) is 6.55. The molecule has 0 spiro atoms. The molecule has 4 amide bonds. The smallest absolute Gasteiger partial charge is 0.414 e. The van der Waals surface area contributed by atoms with Gasteiger partial charge in [0.05, 0.1) is 44.5 Å². The van der Waals surface area contributed by atoms with Crippen LogP contribution in [0.5, 0.6) is 0 Å². The van der Waals surface area contributed by atoms with Gasteiger partial charge in [0.15, 0.2) is 11.6 Å². The van der Waals surface area contributed by atoms with E-state index in [-0.39, 0.29) is 45.0 Å². The summed E-state index contributed by atoms with van der Waals surface area (Å²) in [5, 5.41) is 11.4. The molecule has 0 saturated carbocycles. The summed E-state index contributed by atoms with van der Waals surface area (Å²) >= 11 is 0. The number of hydrogen-bond acceptors (Lipinski definition) is 8. The molecule has 0 radical (unpaired) electrons. The van der Waals surface area contributed by atoms with E-state index in [2.05, 4.69) is 10.3 Å². The molecule has 39 heavy (non-hydrogen) atoms. The van der Waals surface area contributed by atoms with Crippen molar-refractivity contribution in [3.8, 4) is 0 Å². The molecule has 3 aliphatic heterocycles. The highest BCUT2D eigenvalue weighted by atomic mass is 19.3. The number of alkyl halides is 2. The molecule has 3 saturated heterocycles. The molecule has 0 unspecified atom stereocenters. The third kappa shape index (κ3) is 5.15. The highest BCUT2D eigenvalue weighted by Crippen LogP contribution is 2.32. The molecule has 3 aliphatic rings. The first-order valence-electron chi connectivity index (χ1n) is 11.9. The van der Waals surface area contributed by atoms with E-state index in [0.717, 1.165) is 27.1 Å². The van der Waals surface area contributed by atoms with Gasteiger partial charge in [-0.25, -0.2) is 28.3 Å². The van der Waals surface area contributed by atoms with E-state index >= 15 is 8.78 Å². The predicted molar refractivity (Wildman–Crippen MR) is 122 cm³/mol. The molecule has 1 aromatic heterocycles. The highest BCUT2D eigenvalue weighted by Gasteiger charge is 2.42. The van der Waals surface area contributed by atoms with E-state index in [1.807, 2.05) is 5.32 Å². The summed E-state index contributed by atoms with van der Waals surface area (Å²) in [5.41, 5.74) is -0.479. The number of fused-ring (bicyclic) bond motifs is 1. The van der Waals surface area contributed by atoms with Crippen molar-refractivity contribution in [3.05, 3.63) is 36.2 Å². The number of hydrazine groups is 1. The zero-order valence-electron chi connectivity index (χ0n) is 20.2. The number of rotatable bonds is 6. The molecule has 1 N–H and O–H groups in total. The number of amides is 4. The number of ether oxygens (including phenoxy) is 1. The maximum atomic E-state index is 15.3. The topological polar surface area (TPSA) is 133 Å². The number of benzene rings is 1. The Hall–Kier alpha value is -4.44. The van der Waals surface area contributed by atoms with E-state index in [0.29, 0.717) is 0 Å². The number of nitrogens with zero attached hydrogens (tertiary/aromatic N) is 7. The van der Waals surface area contributed by atoms with Crippen LogP contribution in [0.1, 0.15) is 6.42 Å². The number of hydrogen-bond donors (Lipinski definition) is 1. The van der Waals surface area contributed by atoms with Crippen LogP contribution in [0.3, 0.4) is 0 Å². The Balaban J connectivity index is 1.29. The molecular weight excluding hydrogens is 532 g/mol. The van der Waals surface area contributed by atoms with Gasteiger partial charge >= 0.3 is 12.5 Å². The van der Waals surface area contributed by atoms with Crippen molar-refractivity contribution in [1.29, 1.82) is 0 Å². The first-order valence-corrected chi connectivity index (χ1v) is 11.9. The fourth-order valence-electron chi connectivity index (χ4n) is 4.77. The molecule has 208 valence electrons. The summed E-state index contributed by atoms with van der Waals surface area (Å²) in [6.45, 7) is -0.252. The van der Waals surface area contributed by atoms with E-state index in [1.165, 1.54) is 15.8 Å². The van der Waals surface area contributed by atoms with Crippen molar-refractivity contribution in [3.63, 3.8) is 0 Å². The number of carbonyl (C=O) groups excluding carboxylic acids is 4. The minimum Gasteiger partial charge on any atom is -0.442 e. The molecule has 0 bridgehead atoms. The van der Waals surface area contributed by atoms with Gasteiger partial charge < -0.3 is 15.0 Å². The monoisotopic (exact) mass is 554 g/mol. The minimum atomic E-state index is -3.36. The lowest BCUT2D eigenvalue weighted by atomic mass is 10.1. The van der Waals surface area contributed by atoms with Crippen LogP contribution >= 0.6 is 0 Å². The average molecular weight is 554 g/mol. The molecule has 2 aromatic rings. The average Bonchev–Trinajstić information content (AvgIpc) is 3.46. The van der Waals surface area contributed by atoms with Gasteiger partial charge in [-0.05, 0) is 0 Å². The molecule has 1 aromatic carbocycles. The molecule has 2 atom stereocenters. The maximum Gasteiger partial charge on any atom is 0.414 e. The second kappa shape index (κ2) is 10.4. The lowest BCUT2D eigenvalue weighted by Gasteiger charge is -2.39. The SMILES string of the molecule is O=C(N[C@H]1CC(=O)N2CCN(c3c(F)cc(N4C[C@H](Cn5ccnn5)OC4=O)cc3F)CCN2C1=O)C(F)F. The molecule has 3 fully saturated rings. The van der Waals surface area contributed by atoms with Crippen LogP contribution in [0.4, 0.5) is 33.7 Å². The fourth-order valence-corrected chi connectivity index (χ4v) is 4.77. The molecular formula is C22H22F4N8O5. The summed E-state index contributed by atoms with van der Waals surface area (Å²) < 4.78 is 62.5. The summed E-state index contributed by atoms with van der Waals surface area (Å²) in [6, 6.07) is 0.507. The second-order valence-corrected chi connectivity index (χ2v) is 9.03. The summed E-state index contributed by atoms with van der Waals surface area (Å²) in [4.78, 5) is 51.5. The van der Waals surface area contributed by atoms with Crippen molar-refractivity contribution in [2.24, 2.45) is 0 Å². The quantitative estimate of drug-likeness (QED) is 0.499. The van der Waals surface area contributed by atoms with Gasteiger partial charge in [0.1, 0.15) is 17.8 Å². The van der Waals surface area contributed by atoms with Crippen LogP contribution in [0, 0.1) is 11.6 Å². The van der Waals surface area contributed by atoms with E-state index in [4.69, 9.17) is 4.74 Å². The van der Waals surface area contributed by atoms with Gasteiger partial charge in [-0.15, -0.1) is 5.10 Å². The number of cyclic esters (lactones) is 1. The Labute approximate surface area is 217 Å². The van der Waals surface area contributed by atoms with Gasteiger partial charge in [0.2, 0.25) is 5.91 Å². The van der Waals surface area contributed by atoms with Crippen molar-refractivity contribution < 1.29 is 41.5 Å². The lowest BCUT2D eigenvalue weighted by molar-refractivity contribution is -0.172. The Morgan fingerprint density at radius 3 is 2.41 bits per heavy atom. The third-order valence-electron chi connectivity index (χ3n) is 6.55. The van der Waals surface area contributed by atoms with Crippen LogP contribution in [0.15, 0.2) is 24.5 Å². The molecule has 4 heterocycles. The zero-order chi connectivity index (χ0) is 27.8. The largest absolute Gasteiger partial charge is 0.442 e. The predicted octanol–water partition coefficient (Wildman–Crippen LogP) is 0.127. The van der Waals surface area contributed by atoms with Crippen LogP contribution in [-0.2, 0) is 25.7 Å². The van der Waals surface area contributed by atoms with Gasteiger partial charge in [-0.3, -0.25) is 19.3 Å². The van der Waals surface area contributed by atoms with Crippen molar-refractivity contribution in [2.45, 2.75) is 31.5 Å². The Bertz CT molecular complexity index is 1270. The number of carbonyl (C=O) groups is 4. The number of halogens is 4. The van der Waals surface area contributed by atoms with Gasteiger partial charge in [-0.1, -0.05) is 5.21 Å². The fraction of sp³-hybridized carbons (Fsp3) is 0.455. The Morgan fingerprint density at radius 1 is 1.08 bits per heavy atom. The first kappa shape index (κ1) is 26.2. The highest BCUT2D eigenvalue weighted by molar-refractivity contribution is 5.96. The number of nitrogens with one attached hydrogen (secondary N) is 1. The summed E-state index contributed by atoms with van der Waals surface area (Å²) in [7, 11) is 0. The number of anilines is 2. The van der Waals surface area contributed by atoms with E-state index in [9.17, 15) is 28.0 Å². The van der Waals surface area contributed by atoms with Crippen LogP contribution < -0.4 is 15.1 Å². The van der Waals surface area contributed by atoms with Crippen molar-refractivity contribution in [1.82, 2.24) is 30.3 Å². The molecule has 0 aliphatic carbocycles. The maximum absolute atomic E-state index is 15.3. The van der Waals surface area contributed by atoms with Gasteiger partial charge in [-0.2, -0.15) is 8.78 Å². The van der Waals surface area contributed by atoms with Gasteiger partial charge in [0.25, 0.3) is 11.8 Å². The lowest BCUT2D eigenvalue weighted by Crippen LogP contribution is -2.63. The van der Waals surface area contributed by atoms with Crippen LogP contribution in [0.25, 0.3) is 0 Å². The zero-order valence-corrected chi connectivity index (χ0v) is 20.2. The first-order chi connectivity index (χ1) is 18.6. The van der Waals surface area contributed by atoms with E-state index < -0.39 is 66.1 Å². The van der Waals surface area contributed by atoms with Crippen LogP contribution in [-0.4, -0.2) is 100 Å². The molecule has 5 rings (SSSR count).